The molecule has 1 aromatic heterocycles. The van der Waals surface area contributed by atoms with Gasteiger partial charge in [0, 0.05) is 27.7 Å². The molecule has 106 valence electrons. The van der Waals surface area contributed by atoms with Gasteiger partial charge in [-0.25, -0.2) is 0 Å². The second-order valence-corrected chi connectivity index (χ2v) is 7.56. The Labute approximate surface area is 137 Å². The number of thiophene rings is 1. The van der Waals surface area contributed by atoms with Crippen molar-refractivity contribution in [3.63, 3.8) is 0 Å². The van der Waals surface area contributed by atoms with Crippen LogP contribution in [0.25, 0.3) is 10.1 Å². The first-order chi connectivity index (χ1) is 10.3. The van der Waals surface area contributed by atoms with Crippen molar-refractivity contribution in [3.8, 4) is 0 Å². The molecule has 0 aliphatic carbocycles. The van der Waals surface area contributed by atoms with Gasteiger partial charge >= 0.3 is 0 Å². The van der Waals surface area contributed by atoms with Crippen LogP contribution in [0, 0.1) is 0 Å². The third-order valence-corrected chi connectivity index (χ3v) is 6.17. The van der Waals surface area contributed by atoms with Crippen LogP contribution < -0.4 is 5.32 Å². The molecule has 1 fully saturated rings. The van der Waals surface area contributed by atoms with Crippen LogP contribution in [0.15, 0.2) is 58.4 Å². The Balaban J connectivity index is 1.76. The lowest BCUT2D eigenvalue weighted by molar-refractivity contribution is 0.274. The molecule has 1 nitrogen and oxygen atoms in total. The van der Waals surface area contributed by atoms with Crippen LogP contribution in [0.1, 0.15) is 11.1 Å². The zero-order valence-electron chi connectivity index (χ0n) is 11.6. The Hall–Kier alpha value is -1.16. The summed E-state index contributed by atoms with van der Waals surface area (Å²) < 4.78 is 2.62. The highest BCUT2D eigenvalue weighted by Crippen LogP contribution is 2.39. The predicted octanol–water partition coefficient (Wildman–Crippen LogP) is 4.75. The van der Waals surface area contributed by atoms with E-state index in [9.17, 15) is 0 Å². The number of halogens is 1. The van der Waals surface area contributed by atoms with Crippen LogP contribution in [-0.2, 0) is 11.8 Å². The van der Waals surface area contributed by atoms with Crippen LogP contribution in [0.5, 0.6) is 0 Å². The first kappa shape index (κ1) is 13.5. The molecule has 0 bridgehead atoms. The van der Waals surface area contributed by atoms with E-state index in [0.29, 0.717) is 0 Å². The van der Waals surface area contributed by atoms with Crippen molar-refractivity contribution in [1.29, 1.82) is 0 Å². The molecule has 0 amide bonds. The minimum atomic E-state index is 0.226. The Morgan fingerprint density at radius 2 is 1.81 bits per heavy atom. The number of fused-ring (bicyclic) bond motifs is 1. The molecule has 1 saturated heterocycles. The van der Waals surface area contributed by atoms with Gasteiger partial charge < -0.3 is 5.32 Å². The molecule has 1 aliphatic heterocycles. The van der Waals surface area contributed by atoms with Gasteiger partial charge in [0.1, 0.15) is 0 Å². The summed E-state index contributed by atoms with van der Waals surface area (Å²) in [5.74, 6) is 0. The Morgan fingerprint density at radius 1 is 1.05 bits per heavy atom. The first-order valence-electron chi connectivity index (χ1n) is 7.19. The van der Waals surface area contributed by atoms with Gasteiger partial charge in [-0.3, -0.25) is 0 Å². The third kappa shape index (κ3) is 2.24. The van der Waals surface area contributed by atoms with E-state index < -0.39 is 0 Å². The molecule has 3 aromatic rings. The fourth-order valence-electron chi connectivity index (χ4n) is 3.26. The van der Waals surface area contributed by atoms with Gasteiger partial charge in [-0.2, -0.15) is 0 Å². The highest BCUT2D eigenvalue weighted by atomic mass is 79.9. The van der Waals surface area contributed by atoms with E-state index in [1.54, 1.807) is 0 Å². The highest BCUT2D eigenvalue weighted by molar-refractivity contribution is 9.10. The Kier molecular flexibility index (Phi) is 3.37. The number of rotatable bonds is 3. The van der Waals surface area contributed by atoms with E-state index in [4.69, 9.17) is 0 Å². The summed E-state index contributed by atoms with van der Waals surface area (Å²) in [4.78, 5) is 0. The largest absolute Gasteiger partial charge is 0.315 e. The zero-order valence-corrected chi connectivity index (χ0v) is 14.0. The second-order valence-electron chi connectivity index (χ2n) is 5.80. The highest BCUT2D eigenvalue weighted by Gasteiger charge is 2.40. The van der Waals surface area contributed by atoms with Gasteiger partial charge in [-0.15, -0.1) is 11.3 Å². The second kappa shape index (κ2) is 5.24. The SMILES string of the molecule is Brc1ccccc1C1(Cc2csc3ccccc23)CNC1. The lowest BCUT2D eigenvalue weighted by Gasteiger charge is -2.44. The molecule has 2 heterocycles. The monoisotopic (exact) mass is 357 g/mol. The molecule has 0 unspecified atom stereocenters. The molecule has 3 heteroatoms. The van der Waals surface area contributed by atoms with Crippen LogP contribution >= 0.6 is 27.3 Å². The summed E-state index contributed by atoms with van der Waals surface area (Å²) in [7, 11) is 0. The maximum Gasteiger partial charge on any atom is 0.0345 e. The summed E-state index contributed by atoms with van der Waals surface area (Å²) in [6.07, 6.45) is 1.10. The van der Waals surface area contributed by atoms with Crippen molar-refractivity contribution >= 4 is 37.4 Å². The minimum Gasteiger partial charge on any atom is -0.315 e. The van der Waals surface area contributed by atoms with E-state index in [2.05, 4.69) is 75.2 Å². The predicted molar refractivity (Wildman–Crippen MR) is 94.2 cm³/mol. The van der Waals surface area contributed by atoms with E-state index in [0.717, 1.165) is 19.5 Å². The molecule has 1 N–H and O–H groups in total. The van der Waals surface area contributed by atoms with Crippen molar-refractivity contribution in [1.82, 2.24) is 5.32 Å². The number of hydrogen-bond donors (Lipinski definition) is 1. The maximum absolute atomic E-state index is 3.74. The zero-order chi connectivity index (χ0) is 14.3. The van der Waals surface area contributed by atoms with Gasteiger partial charge in [0.25, 0.3) is 0 Å². The molecular weight excluding hydrogens is 342 g/mol. The number of hydrogen-bond acceptors (Lipinski definition) is 2. The van der Waals surface area contributed by atoms with Gasteiger partial charge in [-0.05, 0) is 40.4 Å². The van der Waals surface area contributed by atoms with Crippen LogP contribution in [0.3, 0.4) is 0 Å². The van der Waals surface area contributed by atoms with Gasteiger partial charge in [-0.1, -0.05) is 52.3 Å². The summed E-state index contributed by atoms with van der Waals surface area (Å²) in [6.45, 7) is 2.11. The van der Waals surface area contributed by atoms with Gasteiger partial charge in [0.15, 0.2) is 0 Å². The maximum atomic E-state index is 3.74. The van der Waals surface area contributed by atoms with Crippen LogP contribution in [0.2, 0.25) is 0 Å². The van der Waals surface area contributed by atoms with Gasteiger partial charge in [0.2, 0.25) is 0 Å². The molecule has 21 heavy (non-hydrogen) atoms. The average molecular weight is 358 g/mol. The van der Waals surface area contributed by atoms with Crippen molar-refractivity contribution in [2.24, 2.45) is 0 Å². The summed E-state index contributed by atoms with van der Waals surface area (Å²) in [6, 6.07) is 17.4. The van der Waals surface area contributed by atoms with E-state index in [1.807, 2.05) is 11.3 Å². The summed E-state index contributed by atoms with van der Waals surface area (Å²) >= 11 is 5.59. The lowest BCUT2D eigenvalue weighted by atomic mass is 9.71. The summed E-state index contributed by atoms with van der Waals surface area (Å²) in [5.41, 5.74) is 3.14. The molecular formula is C18H16BrNS. The fourth-order valence-corrected chi connectivity index (χ4v) is 4.93. The molecule has 0 spiro atoms. The van der Waals surface area contributed by atoms with E-state index in [-0.39, 0.29) is 5.41 Å². The number of benzene rings is 2. The van der Waals surface area contributed by atoms with Crippen molar-refractivity contribution in [3.05, 3.63) is 69.5 Å². The van der Waals surface area contributed by atoms with Crippen LogP contribution in [0.4, 0.5) is 0 Å². The quantitative estimate of drug-likeness (QED) is 0.713. The molecule has 2 aromatic carbocycles. The van der Waals surface area contributed by atoms with Crippen LogP contribution in [-0.4, -0.2) is 13.1 Å². The molecule has 4 rings (SSSR count). The normalized spacial score (nSPS) is 16.8. The molecule has 0 radical (unpaired) electrons. The Bertz CT molecular complexity index is 789. The van der Waals surface area contributed by atoms with E-state index in [1.165, 1.54) is 25.7 Å². The van der Waals surface area contributed by atoms with E-state index >= 15 is 0 Å². The topological polar surface area (TPSA) is 12.0 Å². The average Bonchev–Trinajstić information content (AvgIpc) is 2.87. The molecule has 0 saturated carbocycles. The molecule has 1 aliphatic rings. The smallest absolute Gasteiger partial charge is 0.0345 e. The lowest BCUT2D eigenvalue weighted by Crippen LogP contribution is -2.58. The third-order valence-electron chi connectivity index (χ3n) is 4.46. The Morgan fingerprint density at radius 3 is 2.57 bits per heavy atom. The fraction of sp³-hybridized carbons (Fsp3) is 0.222. The van der Waals surface area contributed by atoms with Crippen molar-refractivity contribution in [2.45, 2.75) is 11.8 Å². The van der Waals surface area contributed by atoms with Crippen molar-refractivity contribution in [2.75, 3.05) is 13.1 Å². The first-order valence-corrected chi connectivity index (χ1v) is 8.87. The minimum absolute atomic E-state index is 0.226. The standard InChI is InChI=1S/C18H16BrNS/c19-16-7-3-2-6-15(16)18(11-20-12-18)9-13-10-21-17-8-4-1-5-14(13)17/h1-8,10,20H,9,11-12H2. The number of nitrogens with one attached hydrogen (secondary N) is 1. The van der Waals surface area contributed by atoms with Gasteiger partial charge in [0.05, 0.1) is 0 Å². The molecule has 0 atom stereocenters. The summed E-state index contributed by atoms with van der Waals surface area (Å²) in [5, 5.41) is 7.22. The van der Waals surface area contributed by atoms with Crippen molar-refractivity contribution < 1.29 is 0 Å².